The lowest BCUT2D eigenvalue weighted by atomic mass is 10.2. The van der Waals surface area contributed by atoms with Crippen molar-refractivity contribution >= 4 is 33.1 Å². The molecule has 1 aromatic carbocycles. The Morgan fingerprint density at radius 2 is 2.07 bits per heavy atom. The van der Waals surface area contributed by atoms with E-state index in [1.807, 2.05) is 6.92 Å². The van der Waals surface area contributed by atoms with Crippen LogP contribution in [0.4, 0.5) is 0 Å². The molecule has 2 heterocycles. The number of hydrogen-bond acceptors (Lipinski definition) is 6. The van der Waals surface area contributed by atoms with Crippen molar-refractivity contribution in [1.82, 2.24) is 19.1 Å². The molecule has 0 saturated carbocycles. The summed E-state index contributed by atoms with van der Waals surface area (Å²) in [4.78, 5) is 42.9. The van der Waals surface area contributed by atoms with E-state index in [0.717, 1.165) is 12.8 Å². The van der Waals surface area contributed by atoms with E-state index in [4.69, 9.17) is 9.47 Å². The van der Waals surface area contributed by atoms with Crippen molar-refractivity contribution in [2.24, 2.45) is 7.05 Å². The summed E-state index contributed by atoms with van der Waals surface area (Å²) in [5.41, 5.74) is 0.0963. The highest BCUT2D eigenvalue weighted by Crippen LogP contribution is 2.27. The van der Waals surface area contributed by atoms with Crippen molar-refractivity contribution in [3.63, 3.8) is 0 Å². The number of nitrogens with one attached hydrogen (secondary N) is 1. The Hall–Kier alpha value is -2.88. The summed E-state index contributed by atoms with van der Waals surface area (Å²) in [5, 5.41) is 0. The molecule has 0 spiro atoms. The first-order valence-electron chi connectivity index (χ1n) is 9.06. The van der Waals surface area contributed by atoms with Crippen molar-refractivity contribution in [3.05, 3.63) is 54.9 Å². The second-order valence-corrected chi connectivity index (χ2v) is 7.30. The molecule has 0 aliphatic carbocycles. The van der Waals surface area contributed by atoms with Gasteiger partial charge in [0.1, 0.15) is 18.2 Å². The summed E-state index contributed by atoms with van der Waals surface area (Å²) < 4.78 is 14.2. The number of H-pyrrole nitrogens is 1. The van der Waals surface area contributed by atoms with Crippen molar-refractivity contribution in [3.8, 4) is 5.75 Å². The van der Waals surface area contributed by atoms with Gasteiger partial charge in [-0.25, -0.2) is 14.6 Å². The minimum absolute atomic E-state index is 0.0722. The Balaban J connectivity index is 1.92. The van der Waals surface area contributed by atoms with E-state index < -0.39 is 17.2 Å². The topological polar surface area (TPSA) is 108 Å². The van der Waals surface area contributed by atoms with Crippen LogP contribution in [0.1, 0.15) is 35.9 Å². The maximum Gasteiger partial charge on any atom is 0.337 e. The summed E-state index contributed by atoms with van der Waals surface area (Å²) in [7, 11) is 3.02. The number of aromatic nitrogens is 4. The summed E-state index contributed by atoms with van der Waals surface area (Å²) in [6.07, 6.45) is 1.70. The predicted octanol–water partition coefficient (Wildman–Crippen LogP) is 2.35. The van der Waals surface area contributed by atoms with E-state index in [1.54, 1.807) is 29.8 Å². The molecule has 0 saturated heterocycles. The molecule has 154 valence electrons. The largest absolute Gasteiger partial charge is 0.484 e. The molecule has 0 atom stereocenters. The van der Waals surface area contributed by atoms with Gasteiger partial charge in [0.2, 0.25) is 0 Å². The zero-order valence-electron chi connectivity index (χ0n) is 16.3. The number of halogens is 1. The molecule has 0 aliphatic rings. The first-order chi connectivity index (χ1) is 13.9. The molecule has 0 radical (unpaired) electrons. The molecule has 0 unspecified atom stereocenters. The number of ether oxygens (including phenoxy) is 2. The maximum absolute atomic E-state index is 12.3. The number of hydrogen-bond donors (Lipinski definition) is 1. The Labute approximate surface area is 174 Å². The zero-order valence-corrected chi connectivity index (χ0v) is 17.9. The number of imidazole rings is 1. The molecule has 0 fully saturated rings. The number of carbonyl (C=O) groups is 1. The van der Waals surface area contributed by atoms with Gasteiger partial charge in [-0.05, 0) is 40.5 Å². The molecule has 0 amide bonds. The van der Waals surface area contributed by atoms with Gasteiger partial charge in [-0.2, -0.15) is 0 Å². The van der Waals surface area contributed by atoms with E-state index in [-0.39, 0.29) is 6.61 Å². The summed E-state index contributed by atoms with van der Waals surface area (Å²) in [5.74, 6) is 0.546. The number of benzene rings is 1. The van der Waals surface area contributed by atoms with Crippen LogP contribution in [0.5, 0.6) is 5.75 Å². The number of nitrogens with zero attached hydrogens (tertiary/aromatic N) is 3. The predicted molar refractivity (Wildman–Crippen MR) is 110 cm³/mol. The number of fused-ring (bicyclic) bond motifs is 1. The van der Waals surface area contributed by atoms with Crippen LogP contribution in [0.25, 0.3) is 11.2 Å². The van der Waals surface area contributed by atoms with Crippen LogP contribution in [-0.2, 0) is 24.9 Å². The van der Waals surface area contributed by atoms with Crippen LogP contribution < -0.4 is 16.0 Å². The summed E-state index contributed by atoms with van der Waals surface area (Å²) in [6, 6.07) is 4.83. The fourth-order valence-corrected chi connectivity index (χ4v) is 3.44. The lowest BCUT2D eigenvalue weighted by molar-refractivity contribution is 0.0600. The number of carbonyl (C=O) groups excluding carboxylic acids is 1. The van der Waals surface area contributed by atoms with Crippen molar-refractivity contribution < 1.29 is 14.3 Å². The van der Waals surface area contributed by atoms with E-state index in [2.05, 4.69) is 25.9 Å². The quantitative estimate of drug-likeness (QED) is 0.537. The number of unbranched alkanes of at least 4 members (excludes halogenated alkanes) is 1. The first kappa shape index (κ1) is 20.8. The lowest BCUT2D eigenvalue weighted by Crippen LogP contribution is -2.31. The lowest BCUT2D eigenvalue weighted by Gasteiger charge is -2.09. The fraction of sp³-hybridized carbons (Fsp3) is 0.368. The highest BCUT2D eigenvalue weighted by atomic mass is 79.9. The molecule has 9 nitrogen and oxygen atoms in total. The van der Waals surface area contributed by atoms with E-state index in [0.29, 0.717) is 39.3 Å². The molecule has 2 aromatic heterocycles. The third kappa shape index (κ3) is 4.12. The SMILES string of the molecule is CCCCn1c(=O)[nH]c(=O)c2c1nc(COc1ccc(C(=O)OC)cc1Br)n2C. The molecule has 0 bridgehead atoms. The Kier molecular flexibility index (Phi) is 6.21. The van der Waals surface area contributed by atoms with Crippen LogP contribution >= 0.6 is 15.9 Å². The fourth-order valence-electron chi connectivity index (χ4n) is 2.95. The molecular weight excluding hydrogens is 444 g/mol. The molecule has 29 heavy (non-hydrogen) atoms. The minimum atomic E-state index is -0.484. The van der Waals surface area contributed by atoms with Crippen molar-refractivity contribution in [2.45, 2.75) is 32.9 Å². The van der Waals surface area contributed by atoms with Crippen LogP contribution in [0.15, 0.2) is 32.3 Å². The highest BCUT2D eigenvalue weighted by molar-refractivity contribution is 9.10. The van der Waals surface area contributed by atoms with Crippen LogP contribution in [0, 0.1) is 0 Å². The first-order valence-corrected chi connectivity index (χ1v) is 9.85. The highest BCUT2D eigenvalue weighted by Gasteiger charge is 2.17. The van der Waals surface area contributed by atoms with Gasteiger partial charge >= 0.3 is 11.7 Å². The molecular formula is C19H21BrN4O5. The Morgan fingerprint density at radius 3 is 2.72 bits per heavy atom. The Bertz CT molecular complexity index is 1180. The van der Waals surface area contributed by atoms with Crippen LogP contribution in [-0.4, -0.2) is 32.2 Å². The van der Waals surface area contributed by atoms with Gasteiger partial charge in [0, 0.05) is 13.6 Å². The number of rotatable bonds is 7. The van der Waals surface area contributed by atoms with Gasteiger partial charge in [-0.3, -0.25) is 14.3 Å². The number of aryl methyl sites for hydroxylation is 2. The molecule has 10 heteroatoms. The zero-order chi connectivity index (χ0) is 21.1. The third-order valence-corrected chi connectivity index (χ3v) is 5.17. The molecule has 1 N–H and O–H groups in total. The minimum Gasteiger partial charge on any atom is -0.484 e. The summed E-state index contributed by atoms with van der Waals surface area (Å²) in [6.45, 7) is 2.57. The Morgan fingerprint density at radius 1 is 1.31 bits per heavy atom. The molecule has 3 aromatic rings. The van der Waals surface area contributed by atoms with E-state index in [1.165, 1.54) is 11.7 Å². The number of esters is 1. The van der Waals surface area contributed by atoms with Gasteiger partial charge in [-0.15, -0.1) is 0 Å². The summed E-state index contributed by atoms with van der Waals surface area (Å²) >= 11 is 3.37. The van der Waals surface area contributed by atoms with Gasteiger partial charge in [0.25, 0.3) is 5.56 Å². The second kappa shape index (κ2) is 8.64. The maximum atomic E-state index is 12.3. The van der Waals surface area contributed by atoms with Gasteiger partial charge < -0.3 is 14.0 Å². The molecule has 3 rings (SSSR count). The van der Waals surface area contributed by atoms with E-state index >= 15 is 0 Å². The van der Waals surface area contributed by atoms with Gasteiger partial charge in [-0.1, -0.05) is 13.3 Å². The smallest absolute Gasteiger partial charge is 0.337 e. The average molecular weight is 465 g/mol. The third-order valence-electron chi connectivity index (χ3n) is 4.55. The van der Waals surface area contributed by atoms with Crippen LogP contribution in [0.2, 0.25) is 0 Å². The molecule has 0 aliphatic heterocycles. The average Bonchev–Trinajstić information content (AvgIpc) is 3.03. The van der Waals surface area contributed by atoms with Gasteiger partial charge in [0.05, 0.1) is 17.1 Å². The van der Waals surface area contributed by atoms with Gasteiger partial charge in [0.15, 0.2) is 11.2 Å². The normalized spacial score (nSPS) is 11.0. The monoisotopic (exact) mass is 464 g/mol. The number of aromatic amines is 1. The second-order valence-electron chi connectivity index (χ2n) is 6.45. The van der Waals surface area contributed by atoms with E-state index in [9.17, 15) is 14.4 Å². The number of methoxy groups -OCH3 is 1. The van der Waals surface area contributed by atoms with Crippen molar-refractivity contribution in [1.29, 1.82) is 0 Å². The van der Waals surface area contributed by atoms with Crippen LogP contribution in [0.3, 0.4) is 0 Å². The standard InChI is InChI=1S/C19H21BrN4O5/c1-4-5-8-24-16-15(17(25)22-19(24)27)23(2)14(21-16)10-29-13-7-6-11(9-12(13)20)18(26)28-3/h6-7,9H,4-5,8,10H2,1-3H3,(H,22,25,27). The van der Waals surface area contributed by atoms with Crippen molar-refractivity contribution in [2.75, 3.05) is 7.11 Å².